The largest absolute Gasteiger partial charge is 0.481 e. The lowest BCUT2D eigenvalue weighted by Crippen LogP contribution is -2.43. The van der Waals surface area contributed by atoms with Gasteiger partial charge in [-0.1, -0.05) is 15.9 Å². The summed E-state index contributed by atoms with van der Waals surface area (Å²) in [7, 11) is 0. The Morgan fingerprint density at radius 3 is 2.67 bits per heavy atom. The van der Waals surface area contributed by atoms with E-state index in [9.17, 15) is 9.59 Å². The molecule has 0 bridgehead atoms. The fourth-order valence-electron chi connectivity index (χ4n) is 2.08. The van der Waals surface area contributed by atoms with Gasteiger partial charge in [0.05, 0.1) is 24.5 Å². The van der Waals surface area contributed by atoms with Crippen molar-refractivity contribution in [3.63, 3.8) is 0 Å². The average Bonchev–Trinajstić information content (AvgIpc) is 2.46. The third-order valence-electron chi connectivity index (χ3n) is 3.17. The van der Waals surface area contributed by atoms with E-state index in [1.54, 1.807) is 17.0 Å². The predicted octanol–water partition coefficient (Wildman–Crippen LogP) is 1.47. The van der Waals surface area contributed by atoms with Crippen molar-refractivity contribution in [1.29, 1.82) is 0 Å². The van der Waals surface area contributed by atoms with E-state index in [2.05, 4.69) is 15.9 Å². The number of benzene rings is 1. The second-order valence-corrected chi connectivity index (χ2v) is 5.63. The summed E-state index contributed by atoms with van der Waals surface area (Å²) in [5, 5.41) is 0. The van der Waals surface area contributed by atoms with Gasteiger partial charge in [-0.25, -0.2) is 0 Å². The Morgan fingerprint density at radius 1 is 1.38 bits per heavy atom. The lowest BCUT2D eigenvalue weighted by atomic mass is 10.1. The molecule has 0 aromatic heterocycles. The number of ketones is 1. The van der Waals surface area contributed by atoms with Gasteiger partial charge < -0.3 is 20.1 Å². The fraction of sp³-hybridized carbons (Fsp3) is 0.429. The van der Waals surface area contributed by atoms with Gasteiger partial charge in [-0.3, -0.25) is 9.59 Å². The van der Waals surface area contributed by atoms with Crippen LogP contribution in [0.25, 0.3) is 0 Å². The molecule has 1 saturated heterocycles. The number of anilines is 1. The van der Waals surface area contributed by atoms with Crippen molar-refractivity contribution < 1.29 is 19.1 Å². The second kappa shape index (κ2) is 6.91. The Morgan fingerprint density at radius 2 is 2.05 bits per heavy atom. The number of carbonyl (C=O) groups is 2. The fourth-order valence-corrected chi connectivity index (χ4v) is 2.55. The molecule has 0 saturated carbocycles. The van der Waals surface area contributed by atoms with Gasteiger partial charge in [0.2, 0.25) is 0 Å². The first-order valence-electron chi connectivity index (χ1n) is 6.57. The van der Waals surface area contributed by atoms with Crippen molar-refractivity contribution in [2.45, 2.75) is 6.92 Å². The highest BCUT2D eigenvalue weighted by Gasteiger charge is 2.19. The van der Waals surface area contributed by atoms with Gasteiger partial charge >= 0.3 is 0 Å². The first kappa shape index (κ1) is 15.8. The van der Waals surface area contributed by atoms with Crippen LogP contribution in [0.1, 0.15) is 17.3 Å². The number of ether oxygens (including phenoxy) is 2. The first-order valence-corrected chi connectivity index (χ1v) is 7.36. The Hall–Kier alpha value is -1.60. The smallest absolute Gasteiger partial charge is 0.260 e. The first-order chi connectivity index (χ1) is 9.99. The number of halogens is 1. The van der Waals surface area contributed by atoms with Crippen LogP contribution in [-0.4, -0.2) is 49.5 Å². The van der Waals surface area contributed by atoms with E-state index >= 15 is 0 Å². The van der Waals surface area contributed by atoms with Crippen molar-refractivity contribution in [2.75, 3.05) is 38.6 Å². The molecule has 7 heteroatoms. The number of nitrogens with two attached hydrogens (primary N) is 1. The van der Waals surface area contributed by atoms with Crippen molar-refractivity contribution in [1.82, 2.24) is 4.90 Å². The molecule has 1 heterocycles. The minimum absolute atomic E-state index is 0.143. The van der Waals surface area contributed by atoms with Crippen LogP contribution in [0, 0.1) is 0 Å². The maximum Gasteiger partial charge on any atom is 0.260 e. The molecule has 1 amide bonds. The highest BCUT2D eigenvalue weighted by molar-refractivity contribution is 9.10. The Bertz CT molecular complexity index is 556. The third kappa shape index (κ3) is 3.95. The van der Waals surface area contributed by atoms with Crippen molar-refractivity contribution in [2.24, 2.45) is 0 Å². The van der Waals surface area contributed by atoms with Crippen LogP contribution in [0.2, 0.25) is 0 Å². The summed E-state index contributed by atoms with van der Waals surface area (Å²) in [5.41, 5.74) is 6.55. The minimum Gasteiger partial charge on any atom is -0.481 e. The number of hydrogen-bond acceptors (Lipinski definition) is 5. The van der Waals surface area contributed by atoms with E-state index in [0.717, 1.165) is 0 Å². The minimum atomic E-state index is -0.170. The summed E-state index contributed by atoms with van der Waals surface area (Å²) < 4.78 is 11.4. The monoisotopic (exact) mass is 356 g/mol. The lowest BCUT2D eigenvalue weighted by Gasteiger charge is -2.27. The molecule has 114 valence electrons. The van der Waals surface area contributed by atoms with Crippen LogP contribution in [0.15, 0.2) is 16.6 Å². The van der Waals surface area contributed by atoms with Crippen LogP contribution >= 0.6 is 15.9 Å². The van der Waals surface area contributed by atoms with E-state index < -0.39 is 0 Å². The summed E-state index contributed by atoms with van der Waals surface area (Å²) in [6.07, 6.45) is 0. The molecule has 1 aromatic carbocycles. The molecule has 1 fully saturated rings. The molecule has 0 aliphatic carbocycles. The maximum absolute atomic E-state index is 12.0. The van der Waals surface area contributed by atoms with Crippen LogP contribution in [0.4, 0.5) is 5.69 Å². The predicted molar refractivity (Wildman–Crippen MR) is 81.5 cm³/mol. The average molecular weight is 357 g/mol. The zero-order valence-corrected chi connectivity index (χ0v) is 13.3. The molecular weight excluding hydrogens is 340 g/mol. The molecule has 0 spiro atoms. The van der Waals surface area contributed by atoms with Crippen molar-refractivity contribution >= 4 is 33.3 Å². The van der Waals surface area contributed by atoms with Crippen LogP contribution < -0.4 is 10.5 Å². The number of nitrogens with zero attached hydrogens (tertiary/aromatic N) is 1. The number of nitrogen functional groups attached to an aromatic ring is 1. The van der Waals surface area contributed by atoms with E-state index in [1.807, 2.05) is 0 Å². The lowest BCUT2D eigenvalue weighted by molar-refractivity contribution is -0.137. The molecule has 0 radical (unpaired) electrons. The van der Waals surface area contributed by atoms with E-state index in [0.29, 0.717) is 42.0 Å². The van der Waals surface area contributed by atoms with Gasteiger partial charge in [0.25, 0.3) is 5.91 Å². The Kier molecular flexibility index (Phi) is 5.19. The molecule has 21 heavy (non-hydrogen) atoms. The number of Topliss-reactive ketones (excluding diaryl/α,β-unsaturated/α-hetero) is 1. The Labute approximate surface area is 131 Å². The van der Waals surface area contributed by atoms with Crippen molar-refractivity contribution in [3.05, 3.63) is 22.2 Å². The van der Waals surface area contributed by atoms with E-state index in [-0.39, 0.29) is 24.0 Å². The molecule has 2 N–H and O–H groups in total. The number of carbonyl (C=O) groups excluding carboxylic acids is 2. The maximum atomic E-state index is 12.0. The number of hydrogen-bond donors (Lipinski definition) is 1. The third-order valence-corrected chi connectivity index (χ3v) is 3.62. The standard InChI is InChI=1S/C14H17BrN2O4/c1-9(18)11-6-10(15)7-12(16)14(11)21-8-13(19)17-2-4-20-5-3-17/h6-7H,2-5,8,16H2,1H3. The molecule has 6 nitrogen and oxygen atoms in total. The summed E-state index contributed by atoms with van der Waals surface area (Å²) in [6.45, 7) is 3.45. The van der Waals surface area contributed by atoms with Gasteiger partial charge in [-0.2, -0.15) is 0 Å². The zero-order chi connectivity index (χ0) is 15.4. The molecule has 1 aromatic rings. The summed E-state index contributed by atoms with van der Waals surface area (Å²) in [5.74, 6) is -0.0562. The van der Waals surface area contributed by atoms with Gasteiger partial charge in [0.1, 0.15) is 0 Å². The van der Waals surface area contributed by atoms with Gasteiger partial charge in [0, 0.05) is 17.6 Å². The number of morpholine rings is 1. The van der Waals surface area contributed by atoms with E-state index in [1.165, 1.54) is 6.92 Å². The number of rotatable bonds is 4. The van der Waals surface area contributed by atoms with Gasteiger partial charge in [-0.15, -0.1) is 0 Å². The van der Waals surface area contributed by atoms with E-state index in [4.69, 9.17) is 15.2 Å². The van der Waals surface area contributed by atoms with Gasteiger partial charge in [-0.05, 0) is 19.1 Å². The molecule has 1 aliphatic rings. The SMILES string of the molecule is CC(=O)c1cc(Br)cc(N)c1OCC(=O)N1CCOCC1. The molecule has 0 unspecified atom stereocenters. The van der Waals surface area contributed by atoms with Crippen LogP contribution in [0.3, 0.4) is 0 Å². The van der Waals surface area contributed by atoms with Crippen molar-refractivity contribution in [3.8, 4) is 5.75 Å². The van der Waals surface area contributed by atoms with Crippen LogP contribution in [-0.2, 0) is 9.53 Å². The summed E-state index contributed by atoms with van der Waals surface area (Å²) in [6, 6.07) is 3.27. The second-order valence-electron chi connectivity index (χ2n) is 4.71. The molecular formula is C14H17BrN2O4. The highest BCUT2D eigenvalue weighted by atomic mass is 79.9. The highest BCUT2D eigenvalue weighted by Crippen LogP contribution is 2.31. The quantitative estimate of drug-likeness (QED) is 0.652. The van der Waals surface area contributed by atoms with Crippen LogP contribution in [0.5, 0.6) is 5.75 Å². The summed E-state index contributed by atoms with van der Waals surface area (Å²) in [4.78, 5) is 25.4. The Balaban J connectivity index is 2.08. The zero-order valence-electron chi connectivity index (χ0n) is 11.7. The summed E-state index contributed by atoms with van der Waals surface area (Å²) >= 11 is 3.28. The molecule has 2 rings (SSSR count). The topological polar surface area (TPSA) is 81.9 Å². The van der Waals surface area contributed by atoms with Gasteiger partial charge in [0.15, 0.2) is 18.1 Å². The molecule has 0 atom stereocenters. The number of amides is 1. The molecule has 1 aliphatic heterocycles. The normalized spacial score (nSPS) is 14.9.